The molecule has 3 rings (SSSR count). The standard InChI is InChI=1S/C11H11NO2/c1-2-10-9(4-5-12-10)11(3-1)14-7-8-6-13-8/h1-5,8,12H,6-7H2/t8-/m1/s1. The maximum Gasteiger partial charge on any atom is 0.128 e. The Labute approximate surface area is 81.6 Å². The average molecular weight is 189 g/mol. The van der Waals surface area contributed by atoms with Crippen molar-refractivity contribution in [2.24, 2.45) is 0 Å². The predicted molar refractivity (Wildman–Crippen MR) is 53.5 cm³/mol. The smallest absolute Gasteiger partial charge is 0.128 e. The number of ether oxygens (including phenoxy) is 2. The fraction of sp³-hybridized carbons (Fsp3) is 0.273. The van der Waals surface area contributed by atoms with Gasteiger partial charge in [-0.2, -0.15) is 0 Å². The van der Waals surface area contributed by atoms with Crippen molar-refractivity contribution in [2.75, 3.05) is 13.2 Å². The van der Waals surface area contributed by atoms with E-state index in [1.165, 1.54) is 0 Å². The van der Waals surface area contributed by atoms with Crippen molar-refractivity contribution in [3.63, 3.8) is 0 Å². The number of fused-ring (bicyclic) bond motifs is 1. The normalized spacial score (nSPS) is 19.9. The molecule has 1 saturated heterocycles. The molecular formula is C11H11NO2. The van der Waals surface area contributed by atoms with Gasteiger partial charge in [0.05, 0.1) is 6.61 Å². The molecule has 2 aromatic rings. The van der Waals surface area contributed by atoms with Crippen molar-refractivity contribution < 1.29 is 9.47 Å². The van der Waals surface area contributed by atoms with E-state index in [1.54, 1.807) is 0 Å². The summed E-state index contributed by atoms with van der Waals surface area (Å²) in [5, 5.41) is 1.13. The van der Waals surface area contributed by atoms with Crippen molar-refractivity contribution in [3.8, 4) is 5.75 Å². The lowest BCUT2D eigenvalue weighted by Crippen LogP contribution is -2.03. The second kappa shape index (κ2) is 3.03. The number of aromatic nitrogens is 1. The summed E-state index contributed by atoms with van der Waals surface area (Å²) in [7, 11) is 0. The SMILES string of the molecule is c1cc(OC[C@H]2CO2)c2cc[nH]c2c1. The summed E-state index contributed by atoms with van der Waals surface area (Å²) < 4.78 is 10.7. The van der Waals surface area contributed by atoms with Gasteiger partial charge in [-0.3, -0.25) is 0 Å². The zero-order valence-corrected chi connectivity index (χ0v) is 7.69. The number of epoxide rings is 1. The summed E-state index contributed by atoms with van der Waals surface area (Å²) in [6.07, 6.45) is 2.23. The van der Waals surface area contributed by atoms with Gasteiger partial charge in [-0.05, 0) is 18.2 Å². The van der Waals surface area contributed by atoms with E-state index < -0.39 is 0 Å². The Balaban J connectivity index is 1.89. The summed E-state index contributed by atoms with van der Waals surface area (Å²) in [5.74, 6) is 0.930. The van der Waals surface area contributed by atoms with E-state index in [0.717, 1.165) is 23.3 Å². The highest BCUT2D eigenvalue weighted by molar-refractivity contribution is 5.85. The molecule has 1 N–H and O–H groups in total. The number of hydrogen-bond acceptors (Lipinski definition) is 2. The first kappa shape index (κ1) is 7.88. The summed E-state index contributed by atoms with van der Waals surface area (Å²) in [5.41, 5.74) is 1.11. The quantitative estimate of drug-likeness (QED) is 0.749. The molecule has 0 bridgehead atoms. The molecule has 3 heteroatoms. The Hall–Kier alpha value is -1.48. The monoisotopic (exact) mass is 189 g/mol. The largest absolute Gasteiger partial charge is 0.490 e. The minimum Gasteiger partial charge on any atom is -0.490 e. The highest BCUT2D eigenvalue weighted by atomic mass is 16.6. The Bertz CT molecular complexity index is 445. The van der Waals surface area contributed by atoms with Gasteiger partial charge in [-0.15, -0.1) is 0 Å². The molecule has 0 spiro atoms. The topological polar surface area (TPSA) is 37.5 Å². The second-order valence-electron chi connectivity index (χ2n) is 3.46. The molecule has 1 aromatic heterocycles. The van der Waals surface area contributed by atoms with Crippen molar-refractivity contribution >= 4 is 10.9 Å². The maximum atomic E-state index is 5.66. The molecule has 3 nitrogen and oxygen atoms in total. The van der Waals surface area contributed by atoms with Crippen LogP contribution in [0.25, 0.3) is 10.9 Å². The maximum absolute atomic E-state index is 5.66. The van der Waals surface area contributed by atoms with Crippen LogP contribution >= 0.6 is 0 Å². The van der Waals surface area contributed by atoms with E-state index in [4.69, 9.17) is 9.47 Å². The zero-order chi connectivity index (χ0) is 9.38. The molecule has 0 unspecified atom stereocenters. The molecule has 1 aliphatic rings. The fourth-order valence-electron chi connectivity index (χ4n) is 1.53. The highest BCUT2D eigenvalue weighted by Gasteiger charge is 2.23. The van der Waals surface area contributed by atoms with Crippen LogP contribution < -0.4 is 4.74 Å². The third-order valence-corrected chi connectivity index (χ3v) is 2.38. The van der Waals surface area contributed by atoms with Gasteiger partial charge in [-0.1, -0.05) is 6.07 Å². The molecule has 2 heterocycles. The molecule has 0 radical (unpaired) electrons. The molecule has 14 heavy (non-hydrogen) atoms. The van der Waals surface area contributed by atoms with Crippen LogP contribution in [-0.4, -0.2) is 24.3 Å². The summed E-state index contributed by atoms with van der Waals surface area (Å²) in [6, 6.07) is 8.04. The predicted octanol–water partition coefficient (Wildman–Crippen LogP) is 1.95. The van der Waals surface area contributed by atoms with Crippen LogP contribution in [0.1, 0.15) is 0 Å². The average Bonchev–Trinajstić information content (AvgIpc) is 2.91. The van der Waals surface area contributed by atoms with E-state index >= 15 is 0 Å². The van der Waals surface area contributed by atoms with Crippen LogP contribution in [0.4, 0.5) is 0 Å². The van der Waals surface area contributed by atoms with Crippen LogP contribution in [-0.2, 0) is 4.74 Å². The van der Waals surface area contributed by atoms with Gasteiger partial charge >= 0.3 is 0 Å². The lowest BCUT2D eigenvalue weighted by Gasteiger charge is -2.04. The third kappa shape index (κ3) is 1.36. The fourth-order valence-corrected chi connectivity index (χ4v) is 1.53. The van der Waals surface area contributed by atoms with Gasteiger partial charge in [-0.25, -0.2) is 0 Å². The van der Waals surface area contributed by atoms with Gasteiger partial charge in [0, 0.05) is 17.1 Å². The summed E-state index contributed by atoms with van der Waals surface area (Å²) in [4.78, 5) is 3.15. The summed E-state index contributed by atoms with van der Waals surface area (Å²) in [6.45, 7) is 1.49. The minimum atomic E-state index is 0.309. The Morgan fingerprint density at radius 3 is 3.21 bits per heavy atom. The van der Waals surface area contributed by atoms with E-state index in [-0.39, 0.29) is 0 Å². The molecule has 0 aliphatic carbocycles. The van der Waals surface area contributed by atoms with Crippen LogP contribution in [0.5, 0.6) is 5.75 Å². The van der Waals surface area contributed by atoms with E-state index in [9.17, 15) is 0 Å². The zero-order valence-electron chi connectivity index (χ0n) is 7.69. The lowest BCUT2D eigenvalue weighted by atomic mass is 10.2. The first-order valence-electron chi connectivity index (χ1n) is 4.74. The Morgan fingerprint density at radius 2 is 2.36 bits per heavy atom. The molecule has 1 fully saturated rings. The van der Waals surface area contributed by atoms with E-state index in [0.29, 0.717) is 12.7 Å². The molecule has 0 saturated carbocycles. The van der Waals surface area contributed by atoms with Gasteiger partial charge in [0.2, 0.25) is 0 Å². The van der Waals surface area contributed by atoms with Crippen LogP contribution in [0.3, 0.4) is 0 Å². The van der Waals surface area contributed by atoms with Gasteiger partial charge < -0.3 is 14.5 Å². The van der Waals surface area contributed by atoms with Crippen molar-refractivity contribution in [1.29, 1.82) is 0 Å². The van der Waals surface area contributed by atoms with Crippen molar-refractivity contribution in [3.05, 3.63) is 30.5 Å². The second-order valence-corrected chi connectivity index (χ2v) is 3.46. The molecular weight excluding hydrogens is 178 g/mol. The number of nitrogens with one attached hydrogen (secondary N) is 1. The van der Waals surface area contributed by atoms with E-state index in [1.807, 2.05) is 30.5 Å². The lowest BCUT2D eigenvalue weighted by molar-refractivity contribution is 0.265. The van der Waals surface area contributed by atoms with Gasteiger partial charge in [0.15, 0.2) is 0 Å². The molecule has 1 atom stereocenters. The molecule has 1 aromatic carbocycles. The van der Waals surface area contributed by atoms with Crippen molar-refractivity contribution in [2.45, 2.75) is 6.10 Å². The van der Waals surface area contributed by atoms with Crippen LogP contribution in [0.15, 0.2) is 30.5 Å². The van der Waals surface area contributed by atoms with Crippen molar-refractivity contribution in [1.82, 2.24) is 4.98 Å². The number of rotatable bonds is 3. The first-order valence-corrected chi connectivity index (χ1v) is 4.74. The molecule has 0 amide bonds. The van der Waals surface area contributed by atoms with Gasteiger partial charge in [0.25, 0.3) is 0 Å². The number of benzene rings is 1. The first-order chi connectivity index (χ1) is 6.93. The molecule has 72 valence electrons. The third-order valence-electron chi connectivity index (χ3n) is 2.38. The minimum absolute atomic E-state index is 0.309. The van der Waals surface area contributed by atoms with Crippen LogP contribution in [0, 0.1) is 0 Å². The summed E-state index contributed by atoms with van der Waals surface area (Å²) >= 11 is 0. The number of hydrogen-bond donors (Lipinski definition) is 1. The Morgan fingerprint density at radius 1 is 1.43 bits per heavy atom. The number of aromatic amines is 1. The highest BCUT2D eigenvalue weighted by Crippen LogP contribution is 2.25. The Kier molecular flexibility index (Phi) is 1.70. The van der Waals surface area contributed by atoms with Crippen LogP contribution in [0.2, 0.25) is 0 Å². The van der Waals surface area contributed by atoms with E-state index in [2.05, 4.69) is 4.98 Å². The number of H-pyrrole nitrogens is 1. The van der Waals surface area contributed by atoms with Gasteiger partial charge in [0.1, 0.15) is 18.5 Å². The molecule has 1 aliphatic heterocycles.